The van der Waals surface area contributed by atoms with Crippen molar-refractivity contribution < 1.29 is 17.6 Å². The van der Waals surface area contributed by atoms with Crippen molar-refractivity contribution in [2.24, 2.45) is 0 Å². The van der Waals surface area contributed by atoms with Crippen molar-refractivity contribution >= 4 is 32.6 Å². The molecule has 0 saturated carbocycles. The van der Waals surface area contributed by atoms with Crippen LogP contribution in [0.4, 0.5) is 5.69 Å². The molecule has 0 fully saturated rings. The van der Waals surface area contributed by atoms with Gasteiger partial charge in [-0.1, -0.05) is 42.5 Å². The number of para-hydroxylation sites is 2. The maximum absolute atomic E-state index is 13.3. The fourth-order valence-corrected chi connectivity index (χ4v) is 5.60. The van der Waals surface area contributed by atoms with Gasteiger partial charge in [-0.3, -0.25) is 9.10 Å². The van der Waals surface area contributed by atoms with Gasteiger partial charge >= 0.3 is 0 Å². The van der Waals surface area contributed by atoms with Crippen LogP contribution < -0.4 is 9.62 Å². The van der Waals surface area contributed by atoms with Crippen molar-refractivity contribution in [3.63, 3.8) is 0 Å². The molecule has 1 aromatic heterocycles. The number of carbonyl (C=O) groups is 1. The SMILES string of the molecule is C[C@H](NC(=O)c1cccc(S(=O)(=O)N2CCc3ccccc32)c1)c1cc2ccccc2o1. The minimum Gasteiger partial charge on any atom is -0.459 e. The smallest absolute Gasteiger partial charge is 0.264 e. The number of anilines is 1. The average molecular weight is 447 g/mol. The van der Waals surface area contributed by atoms with Crippen molar-refractivity contribution in [2.45, 2.75) is 24.3 Å². The fourth-order valence-electron chi connectivity index (χ4n) is 4.05. The van der Waals surface area contributed by atoms with Crippen molar-refractivity contribution in [1.82, 2.24) is 5.32 Å². The summed E-state index contributed by atoms with van der Waals surface area (Å²) in [6, 6.07) is 22.8. The van der Waals surface area contributed by atoms with E-state index < -0.39 is 10.0 Å². The van der Waals surface area contributed by atoms with E-state index >= 15 is 0 Å². The highest BCUT2D eigenvalue weighted by Crippen LogP contribution is 2.33. The standard InChI is InChI=1S/C25H22N2O4S/c1-17(24-16-19-8-3-5-12-23(19)31-24)26-25(28)20-9-6-10-21(15-20)32(29,30)27-14-13-18-7-2-4-11-22(18)27/h2-12,15-17H,13-14H2,1H3,(H,26,28)/t17-/m0/s1. The summed E-state index contributed by atoms with van der Waals surface area (Å²) in [6.07, 6.45) is 0.671. The van der Waals surface area contributed by atoms with Crippen molar-refractivity contribution in [2.75, 3.05) is 10.8 Å². The van der Waals surface area contributed by atoms with E-state index in [2.05, 4.69) is 5.32 Å². The van der Waals surface area contributed by atoms with Gasteiger partial charge in [-0.15, -0.1) is 0 Å². The first-order valence-electron chi connectivity index (χ1n) is 10.4. The van der Waals surface area contributed by atoms with Gasteiger partial charge in [-0.2, -0.15) is 0 Å². The normalized spacial score (nSPS) is 14.3. The van der Waals surface area contributed by atoms with Gasteiger partial charge in [0.05, 0.1) is 16.6 Å². The zero-order valence-corrected chi connectivity index (χ0v) is 18.3. The van der Waals surface area contributed by atoms with Crippen LogP contribution in [-0.4, -0.2) is 20.9 Å². The highest BCUT2D eigenvalue weighted by molar-refractivity contribution is 7.92. The fraction of sp³-hybridized carbons (Fsp3) is 0.160. The molecule has 0 unspecified atom stereocenters. The zero-order chi connectivity index (χ0) is 22.3. The molecular formula is C25H22N2O4S. The molecule has 2 heterocycles. The summed E-state index contributed by atoms with van der Waals surface area (Å²) in [5, 5.41) is 3.86. The molecule has 7 heteroatoms. The second-order valence-corrected chi connectivity index (χ2v) is 9.73. The zero-order valence-electron chi connectivity index (χ0n) is 17.5. The number of carbonyl (C=O) groups excluding carboxylic acids is 1. The summed E-state index contributed by atoms with van der Waals surface area (Å²) < 4.78 is 33.8. The van der Waals surface area contributed by atoms with Crippen molar-refractivity contribution in [1.29, 1.82) is 0 Å². The third kappa shape index (κ3) is 3.54. The van der Waals surface area contributed by atoms with Gasteiger partial charge in [0.25, 0.3) is 15.9 Å². The first kappa shape index (κ1) is 20.3. The highest BCUT2D eigenvalue weighted by Gasteiger charge is 2.31. The Morgan fingerprint density at radius 2 is 1.78 bits per heavy atom. The number of benzene rings is 3. The maximum atomic E-state index is 13.3. The first-order valence-corrected chi connectivity index (χ1v) is 11.9. The molecule has 1 aliphatic rings. The molecule has 32 heavy (non-hydrogen) atoms. The predicted molar refractivity (Wildman–Crippen MR) is 123 cm³/mol. The van der Waals surface area contributed by atoms with Gasteiger partial charge in [0.2, 0.25) is 0 Å². The van der Waals surface area contributed by atoms with Crippen molar-refractivity contribution in [3.8, 4) is 0 Å². The summed E-state index contributed by atoms with van der Waals surface area (Å²) in [7, 11) is -3.77. The largest absolute Gasteiger partial charge is 0.459 e. The van der Waals surface area contributed by atoms with E-state index in [9.17, 15) is 13.2 Å². The van der Waals surface area contributed by atoms with E-state index in [1.165, 1.54) is 16.4 Å². The molecule has 3 aromatic carbocycles. The number of hydrogen-bond acceptors (Lipinski definition) is 4. The predicted octanol–water partition coefficient (Wildman–Crippen LogP) is 4.68. The number of nitrogens with one attached hydrogen (secondary N) is 1. The minimum absolute atomic E-state index is 0.0956. The third-order valence-corrected chi connectivity index (χ3v) is 7.56. The molecule has 1 amide bonds. The van der Waals surface area contributed by atoms with Gasteiger partial charge in [0, 0.05) is 17.5 Å². The lowest BCUT2D eigenvalue weighted by Crippen LogP contribution is -2.30. The molecule has 4 aromatic rings. The van der Waals surface area contributed by atoms with E-state index in [0.29, 0.717) is 24.4 Å². The topological polar surface area (TPSA) is 79.6 Å². The van der Waals surface area contributed by atoms with Crippen LogP contribution in [-0.2, 0) is 16.4 Å². The van der Waals surface area contributed by atoms with Crippen LogP contribution in [0.5, 0.6) is 0 Å². The number of hydrogen-bond donors (Lipinski definition) is 1. The number of amides is 1. The van der Waals surface area contributed by atoms with Crippen LogP contribution >= 0.6 is 0 Å². The molecule has 0 bridgehead atoms. The Balaban J connectivity index is 1.38. The molecule has 0 aliphatic carbocycles. The summed E-state index contributed by atoms with van der Waals surface area (Å²) in [5.41, 5.74) is 2.73. The third-order valence-electron chi connectivity index (χ3n) is 5.75. The van der Waals surface area contributed by atoms with Crippen LogP contribution in [0.25, 0.3) is 11.0 Å². The Morgan fingerprint density at radius 3 is 2.62 bits per heavy atom. The van der Waals surface area contributed by atoms with Gasteiger partial charge in [0.1, 0.15) is 11.3 Å². The molecule has 0 radical (unpaired) electrons. The molecule has 162 valence electrons. The lowest BCUT2D eigenvalue weighted by molar-refractivity contribution is 0.0935. The molecule has 5 rings (SSSR count). The summed E-state index contributed by atoms with van der Waals surface area (Å²) in [5.74, 6) is 0.272. The molecule has 0 saturated heterocycles. The molecular weight excluding hydrogens is 424 g/mol. The first-order chi connectivity index (χ1) is 15.4. The van der Waals surface area contributed by atoms with Crippen LogP contribution in [0.2, 0.25) is 0 Å². The van der Waals surface area contributed by atoms with Crippen LogP contribution in [0.3, 0.4) is 0 Å². The molecule has 6 nitrogen and oxygen atoms in total. The van der Waals surface area contributed by atoms with Crippen molar-refractivity contribution in [3.05, 3.63) is 95.7 Å². The molecule has 0 spiro atoms. The van der Waals surface area contributed by atoms with E-state index in [4.69, 9.17) is 4.42 Å². The summed E-state index contributed by atoms with van der Waals surface area (Å²) in [4.78, 5) is 13.0. The van der Waals surface area contributed by atoms with E-state index in [1.807, 2.05) is 61.5 Å². The van der Waals surface area contributed by atoms with Gasteiger partial charge in [0.15, 0.2) is 0 Å². The Kier molecular flexibility index (Phi) is 4.98. The Morgan fingerprint density at radius 1 is 1.00 bits per heavy atom. The average Bonchev–Trinajstić information content (AvgIpc) is 3.44. The van der Waals surface area contributed by atoms with E-state index in [1.54, 1.807) is 12.1 Å². The number of rotatable bonds is 5. The van der Waals surface area contributed by atoms with Crippen LogP contribution in [0.15, 0.2) is 88.2 Å². The monoisotopic (exact) mass is 446 g/mol. The maximum Gasteiger partial charge on any atom is 0.264 e. The highest BCUT2D eigenvalue weighted by atomic mass is 32.2. The minimum atomic E-state index is -3.77. The van der Waals surface area contributed by atoms with E-state index in [-0.39, 0.29) is 22.4 Å². The van der Waals surface area contributed by atoms with Gasteiger partial charge in [-0.25, -0.2) is 8.42 Å². The van der Waals surface area contributed by atoms with Gasteiger partial charge < -0.3 is 9.73 Å². The van der Waals surface area contributed by atoms with Crippen LogP contribution in [0, 0.1) is 0 Å². The number of sulfonamides is 1. The number of nitrogens with zero attached hydrogens (tertiary/aromatic N) is 1. The molecule has 1 atom stereocenters. The second-order valence-electron chi connectivity index (χ2n) is 7.87. The number of furan rings is 1. The molecule has 1 aliphatic heterocycles. The quantitative estimate of drug-likeness (QED) is 0.483. The second kappa shape index (κ2) is 7.84. The number of fused-ring (bicyclic) bond motifs is 2. The Labute approximate surface area is 186 Å². The lowest BCUT2D eigenvalue weighted by atomic mass is 10.1. The van der Waals surface area contributed by atoms with Gasteiger partial charge in [-0.05, 0) is 55.3 Å². The summed E-state index contributed by atoms with van der Waals surface area (Å²) >= 11 is 0. The lowest BCUT2D eigenvalue weighted by Gasteiger charge is -2.20. The Hall–Kier alpha value is -3.58. The van der Waals surface area contributed by atoms with E-state index in [0.717, 1.165) is 16.5 Å². The Bertz CT molecular complexity index is 1390. The molecule has 1 N–H and O–H groups in total. The summed E-state index contributed by atoms with van der Waals surface area (Å²) in [6.45, 7) is 2.22. The van der Waals surface area contributed by atoms with Crippen LogP contribution in [0.1, 0.15) is 34.6 Å².